The number of aryl methyl sites for hydroxylation is 1. The standard InChI is InChI=1S/C17H18OS/c1-3-13-4-6-14(7-5-13)12-17(18)15-8-10-16(19-2)11-9-15/h4-11H,3,12H2,1-2H3. The van der Waals surface area contributed by atoms with Crippen LogP contribution in [0, 0.1) is 0 Å². The molecule has 0 radical (unpaired) electrons. The van der Waals surface area contributed by atoms with Crippen LogP contribution in [-0.4, -0.2) is 12.0 Å². The maximum absolute atomic E-state index is 12.2. The Hall–Kier alpha value is -1.54. The van der Waals surface area contributed by atoms with Gasteiger partial charge in [-0.25, -0.2) is 0 Å². The first-order valence-corrected chi connectivity index (χ1v) is 7.70. The first-order chi connectivity index (χ1) is 9.22. The maximum atomic E-state index is 12.2. The Balaban J connectivity index is 2.06. The molecule has 0 atom stereocenters. The van der Waals surface area contributed by atoms with E-state index in [2.05, 4.69) is 19.1 Å². The van der Waals surface area contributed by atoms with Crippen LogP contribution >= 0.6 is 11.8 Å². The summed E-state index contributed by atoms with van der Waals surface area (Å²) in [5, 5.41) is 0. The second-order valence-electron chi connectivity index (χ2n) is 4.50. The first-order valence-electron chi connectivity index (χ1n) is 6.48. The highest BCUT2D eigenvalue weighted by Crippen LogP contribution is 2.16. The molecule has 0 saturated heterocycles. The van der Waals surface area contributed by atoms with E-state index in [-0.39, 0.29) is 5.78 Å². The summed E-state index contributed by atoms with van der Waals surface area (Å²) >= 11 is 1.69. The number of hydrogen-bond donors (Lipinski definition) is 0. The lowest BCUT2D eigenvalue weighted by Crippen LogP contribution is -2.03. The predicted molar refractivity (Wildman–Crippen MR) is 82.1 cm³/mol. The third-order valence-corrected chi connectivity index (χ3v) is 3.95. The molecule has 1 nitrogen and oxygen atoms in total. The Kier molecular flexibility index (Phi) is 4.80. The van der Waals surface area contributed by atoms with E-state index in [1.54, 1.807) is 11.8 Å². The van der Waals surface area contributed by atoms with Gasteiger partial charge in [-0.05, 0) is 35.9 Å². The van der Waals surface area contributed by atoms with Crippen LogP contribution < -0.4 is 0 Å². The number of ketones is 1. The summed E-state index contributed by atoms with van der Waals surface area (Å²) in [4.78, 5) is 13.3. The van der Waals surface area contributed by atoms with Gasteiger partial charge >= 0.3 is 0 Å². The van der Waals surface area contributed by atoms with Gasteiger partial charge in [0.15, 0.2) is 5.78 Å². The van der Waals surface area contributed by atoms with Gasteiger partial charge in [0.25, 0.3) is 0 Å². The Labute approximate surface area is 119 Å². The molecular formula is C17H18OS. The van der Waals surface area contributed by atoms with Crippen molar-refractivity contribution in [3.63, 3.8) is 0 Å². The number of carbonyl (C=O) groups excluding carboxylic acids is 1. The van der Waals surface area contributed by atoms with Crippen molar-refractivity contribution in [2.45, 2.75) is 24.7 Å². The molecule has 2 heteroatoms. The Morgan fingerprint density at radius 2 is 1.53 bits per heavy atom. The van der Waals surface area contributed by atoms with E-state index < -0.39 is 0 Å². The summed E-state index contributed by atoms with van der Waals surface area (Å²) in [7, 11) is 0. The highest BCUT2D eigenvalue weighted by Gasteiger charge is 2.07. The molecule has 2 rings (SSSR count). The summed E-state index contributed by atoms with van der Waals surface area (Å²) in [5.41, 5.74) is 3.18. The van der Waals surface area contributed by atoms with Gasteiger partial charge in [0.05, 0.1) is 0 Å². The fourth-order valence-electron chi connectivity index (χ4n) is 1.96. The van der Waals surface area contributed by atoms with Crippen molar-refractivity contribution in [1.82, 2.24) is 0 Å². The Morgan fingerprint density at radius 1 is 0.947 bits per heavy atom. The van der Waals surface area contributed by atoms with Gasteiger partial charge in [0.2, 0.25) is 0 Å². The summed E-state index contributed by atoms with van der Waals surface area (Å²) < 4.78 is 0. The summed E-state index contributed by atoms with van der Waals surface area (Å²) in [6.07, 6.45) is 3.54. The van der Waals surface area contributed by atoms with Crippen LogP contribution in [0.15, 0.2) is 53.4 Å². The van der Waals surface area contributed by atoms with Crippen molar-refractivity contribution in [2.24, 2.45) is 0 Å². The summed E-state index contributed by atoms with van der Waals surface area (Å²) in [6.45, 7) is 2.13. The van der Waals surface area contributed by atoms with Crippen molar-refractivity contribution < 1.29 is 4.79 Å². The zero-order valence-electron chi connectivity index (χ0n) is 11.3. The molecule has 19 heavy (non-hydrogen) atoms. The highest BCUT2D eigenvalue weighted by molar-refractivity contribution is 7.98. The van der Waals surface area contributed by atoms with Gasteiger partial charge in [-0.15, -0.1) is 11.8 Å². The molecule has 0 amide bonds. The fraction of sp³-hybridized carbons (Fsp3) is 0.235. The van der Waals surface area contributed by atoms with E-state index in [9.17, 15) is 4.79 Å². The number of benzene rings is 2. The Morgan fingerprint density at radius 3 is 2.05 bits per heavy atom. The smallest absolute Gasteiger partial charge is 0.167 e. The lowest BCUT2D eigenvalue weighted by Gasteiger charge is -2.04. The van der Waals surface area contributed by atoms with Gasteiger partial charge in [-0.2, -0.15) is 0 Å². The molecule has 0 aliphatic rings. The van der Waals surface area contributed by atoms with E-state index in [0.717, 1.165) is 17.5 Å². The van der Waals surface area contributed by atoms with E-state index in [0.29, 0.717) is 6.42 Å². The zero-order chi connectivity index (χ0) is 13.7. The molecule has 2 aromatic rings. The second kappa shape index (κ2) is 6.58. The minimum Gasteiger partial charge on any atom is -0.294 e. The quantitative estimate of drug-likeness (QED) is 0.592. The first kappa shape index (κ1) is 13.9. The normalized spacial score (nSPS) is 10.4. The SMILES string of the molecule is CCc1ccc(CC(=O)c2ccc(SC)cc2)cc1. The predicted octanol–water partition coefficient (Wildman–Crippen LogP) is 4.40. The van der Waals surface area contributed by atoms with Crippen molar-refractivity contribution in [2.75, 3.05) is 6.26 Å². The van der Waals surface area contributed by atoms with Crippen LogP contribution in [-0.2, 0) is 12.8 Å². The summed E-state index contributed by atoms with van der Waals surface area (Å²) in [6, 6.07) is 16.1. The largest absolute Gasteiger partial charge is 0.294 e. The molecule has 0 fully saturated rings. The second-order valence-corrected chi connectivity index (χ2v) is 5.38. The number of Topliss-reactive ketones (excluding diaryl/α,β-unsaturated/α-hetero) is 1. The van der Waals surface area contributed by atoms with Gasteiger partial charge in [0.1, 0.15) is 0 Å². The molecule has 0 N–H and O–H groups in total. The maximum Gasteiger partial charge on any atom is 0.167 e. The molecule has 98 valence electrons. The van der Waals surface area contributed by atoms with Crippen molar-refractivity contribution in [3.8, 4) is 0 Å². The topological polar surface area (TPSA) is 17.1 Å². The molecular weight excluding hydrogens is 252 g/mol. The molecule has 0 heterocycles. The Bertz CT molecular complexity index is 540. The zero-order valence-corrected chi connectivity index (χ0v) is 12.2. The van der Waals surface area contributed by atoms with Gasteiger partial charge in [-0.1, -0.05) is 43.3 Å². The summed E-state index contributed by atoms with van der Waals surface area (Å²) in [5.74, 6) is 0.178. The number of hydrogen-bond acceptors (Lipinski definition) is 2. The van der Waals surface area contributed by atoms with E-state index >= 15 is 0 Å². The molecule has 0 bridgehead atoms. The van der Waals surface area contributed by atoms with Crippen LogP contribution in [0.4, 0.5) is 0 Å². The van der Waals surface area contributed by atoms with Crippen LogP contribution in [0.1, 0.15) is 28.4 Å². The molecule has 0 aromatic heterocycles. The van der Waals surface area contributed by atoms with Gasteiger partial charge in [0, 0.05) is 16.9 Å². The molecule has 0 unspecified atom stereocenters. The van der Waals surface area contributed by atoms with Gasteiger partial charge in [-0.3, -0.25) is 4.79 Å². The highest BCUT2D eigenvalue weighted by atomic mass is 32.2. The third-order valence-electron chi connectivity index (χ3n) is 3.21. The van der Waals surface area contributed by atoms with Crippen molar-refractivity contribution in [3.05, 3.63) is 65.2 Å². The molecule has 0 saturated carbocycles. The van der Waals surface area contributed by atoms with Crippen LogP contribution in [0.3, 0.4) is 0 Å². The van der Waals surface area contributed by atoms with Crippen LogP contribution in [0.5, 0.6) is 0 Å². The molecule has 0 aliphatic heterocycles. The molecule has 2 aromatic carbocycles. The lowest BCUT2D eigenvalue weighted by atomic mass is 10.0. The fourth-order valence-corrected chi connectivity index (χ4v) is 2.37. The minimum absolute atomic E-state index is 0.178. The van der Waals surface area contributed by atoms with Crippen LogP contribution in [0.25, 0.3) is 0 Å². The number of carbonyl (C=O) groups is 1. The van der Waals surface area contributed by atoms with Gasteiger partial charge < -0.3 is 0 Å². The van der Waals surface area contributed by atoms with E-state index in [1.807, 2.05) is 42.7 Å². The lowest BCUT2D eigenvalue weighted by molar-refractivity contribution is 0.0993. The average Bonchev–Trinajstić information content (AvgIpc) is 2.48. The van der Waals surface area contributed by atoms with Crippen LogP contribution in [0.2, 0.25) is 0 Å². The monoisotopic (exact) mass is 270 g/mol. The van der Waals surface area contributed by atoms with E-state index in [1.165, 1.54) is 10.5 Å². The molecule has 0 aliphatic carbocycles. The minimum atomic E-state index is 0.178. The number of thioether (sulfide) groups is 1. The third kappa shape index (κ3) is 3.71. The number of rotatable bonds is 5. The van der Waals surface area contributed by atoms with Crippen molar-refractivity contribution >= 4 is 17.5 Å². The average molecular weight is 270 g/mol. The van der Waals surface area contributed by atoms with E-state index in [4.69, 9.17) is 0 Å². The van der Waals surface area contributed by atoms with Crippen molar-refractivity contribution in [1.29, 1.82) is 0 Å². The molecule has 0 spiro atoms.